The van der Waals surface area contributed by atoms with Gasteiger partial charge in [0.15, 0.2) is 0 Å². The first-order valence-electron chi connectivity index (χ1n) is 9.42. The molecule has 2 fully saturated rings. The van der Waals surface area contributed by atoms with E-state index in [2.05, 4.69) is 17.9 Å². The molecule has 1 amide bonds. The number of piperazine rings is 1. The summed E-state index contributed by atoms with van der Waals surface area (Å²) in [6.45, 7) is 5.35. The monoisotopic (exact) mass is 342 g/mol. The molecule has 0 aromatic heterocycles. The van der Waals surface area contributed by atoms with Crippen LogP contribution in [0.1, 0.15) is 46.3 Å². The summed E-state index contributed by atoms with van der Waals surface area (Å²) in [5, 5.41) is 9.02. The van der Waals surface area contributed by atoms with Crippen LogP contribution in [-0.2, 0) is 17.6 Å². The minimum atomic E-state index is -0.668. The highest BCUT2D eigenvalue weighted by Crippen LogP contribution is 2.33. The quantitative estimate of drug-likeness (QED) is 0.914. The number of fused-ring (bicyclic) bond motifs is 1. The first-order chi connectivity index (χ1) is 12.0. The zero-order valence-electron chi connectivity index (χ0n) is 14.8. The van der Waals surface area contributed by atoms with Gasteiger partial charge in [0.1, 0.15) is 0 Å². The average Bonchev–Trinajstić information content (AvgIpc) is 3.04. The Morgan fingerprint density at radius 2 is 1.72 bits per heavy atom. The minimum absolute atomic E-state index is 0.167. The second-order valence-electron chi connectivity index (χ2n) is 7.73. The summed E-state index contributed by atoms with van der Waals surface area (Å²) >= 11 is 0. The summed E-state index contributed by atoms with van der Waals surface area (Å²) in [4.78, 5) is 28.3. The van der Waals surface area contributed by atoms with E-state index in [0.29, 0.717) is 6.04 Å². The van der Waals surface area contributed by atoms with Gasteiger partial charge in [-0.2, -0.15) is 0 Å². The Morgan fingerprint density at radius 1 is 1.04 bits per heavy atom. The van der Waals surface area contributed by atoms with Crippen LogP contribution >= 0.6 is 0 Å². The second-order valence-corrected chi connectivity index (χ2v) is 7.73. The van der Waals surface area contributed by atoms with Crippen molar-refractivity contribution in [3.05, 3.63) is 34.4 Å². The van der Waals surface area contributed by atoms with Crippen LogP contribution in [0, 0.1) is 12.8 Å². The first-order valence-corrected chi connectivity index (χ1v) is 9.42. The van der Waals surface area contributed by atoms with E-state index in [1.165, 1.54) is 16.7 Å². The average molecular weight is 342 g/mol. The second kappa shape index (κ2) is 6.45. The zero-order chi connectivity index (χ0) is 17.6. The number of aliphatic carboxylic acids is 1. The van der Waals surface area contributed by atoms with E-state index in [1.807, 2.05) is 11.0 Å². The number of hydrogen-bond donors (Lipinski definition) is 1. The van der Waals surface area contributed by atoms with E-state index in [0.717, 1.165) is 63.8 Å². The number of amides is 1. The molecule has 1 saturated heterocycles. The number of aryl methyl sites for hydroxylation is 1. The fourth-order valence-electron chi connectivity index (χ4n) is 4.63. The predicted octanol–water partition coefficient (Wildman–Crippen LogP) is 2.10. The lowest BCUT2D eigenvalue weighted by atomic mass is 9.79. The van der Waals surface area contributed by atoms with Gasteiger partial charge >= 0.3 is 5.97 Å². The maximum atomic E-state index is 13.0. The number of hydrogen-bond acceptors (Lipinski definition) is 3. The Morgan fingerprint density at radius 3 is 2.40 bits per heavy atom. The van der Waals surface area contributed by atoms with Gasteiger partial charge in [-0.15, -0.1) is 0 Å². The minimum Gasteiger partial charge on any atom is -0.481 e. The van der Waals surface area contributed by atoms with E-state index >= 15 is 0 Å². The summed E-state index contributed by atoms with van der Waals surface area (Å²) in [6, 6.07) is 4.49. The fraction of sp³-hybridized carbons (Fsp3) is 0.600. The number of nitrogens with zero attached hydrogens (tertiary/aromatic N) is 2. The molecule has 4 rings (SSSR count). The van der Waals surface area contributed by atoms with Crippen molar-refractivity contribution < 1.29 is 14.7 Å². The highest BCUT2D eigenvalue weighted by atomic mass is 16.4. The van der Waals surface area contributed by atoms with Crippen molar-refractivity contribution >= 4 is 11.9 Å². The third-order valence-electron chi connectivity index (χ3n) is 6.33. The van der Waals surface area contributed by atoms with E-state index in [4.69, 9.17) is 5.11 Å². The Labute approximate surface area is 148 Å². The molecule has 1 N–H and O–H groups in total. The van der Waals surface area contributed by atoms with Crippen molar-refractivity contribution in [2.24, 2.45) is 5.92 Å². The zero-order valence-corrected chi connectivity index (χ0v) is 14.8. The number of carboxylic acids is 1. The standard InChI is InChI=1S/C20H26N2O3/c1-13-5-6-18(17-4-2-3-16(13)17)19(23)22-9-7-21(8-10-22)15-11-14(12-15)20(24)25/h5-6,14-15H,2-4,7-12H2,1H3,(H,24,25). The SMILES string of the molecule is Cc1ccc(C(=O)N2CCN(C3CC(C(=O)O)C3)CC2)c2c1CCC2. The molecule has 0 atom stereocenters. The number of benzene rings is 1. The van der Waals surface area contributed by atoms with E-state index in [1.54, 1.807) is 0 Å². The molecular weight excluding hydrogens is 316 g/mol. The van der Waals surface area contributed by atoms with E-state index in [9.17, 15) is 9.59 Å². The highest BCUT2D eigenvalue weighted by Gasteiger charge is 2.39. The Bertz CT molecular complexity index is 701. The molecule has 2 aliphatic carbocycles. The van der Waals surface area contributed by atoms with Gasteiger partial charge < -0.3 is 10.0 Å². The van der Waals surface area contributed by atoms with Crippen LogP contribution in [0.2, 0.25) is 0 Å². The molecule has 1 aromatic carbocycles. The van der Waals surface area contributed by atoms with Crippen molar-refractivity contribution in [1.82, 2.24) is 9.80 Å². The number of carbonyl (C=O) groups is 2. The van der Waals surface area contributed by atoms with Crippen molar-refractivity contribution in [3.8, 4) is 0 Å². The summed E-state index contributed by atoms with van der Waals surface area (Å²) in [6.07, 6.45) is 4.79. The largest absolute Gasteiger partial charge is 0.481 e. The van der Waals surface area contributed by atoms with Gasteiger partial charge in [0.05, 0.1) is 5.92 Å². The van der Waals surface area contributed by atoms with Crippen molar-refractivity contribution in [2.75, 3.05) is 26.2 Å². The van der Waals surface area contributed by atoms with E-state index in [-0.39, 0.29) is 11.8 Å². The molecule has 3 aliphatic rings. The van der Waals surface area contributed by atoms with Crippen molar-refractivity contribution in [2.45, 2.75) is 45.1 Å². The van der Waals surface area contributed by atoms with Gasteiger partial charge in [-0.25, -0.2) is 0 Å². The molecule has 0 radical (unpaired) electrons. The summed E-state index contributed by atoms with van der Waals surface area (Å²) in [7, 11) is 0. The van der Waals surface area contributed by atoms with Gasteiger partial charge in [-0.05, 0) is 61.8 Å². The number of carboxylic acid groups (broad SMARTS) is 1. The maximum absolute atomic E-state index is 13.0. The molecule has 1 saturated carbocycles. The molecule has 0 spiro atoms. The Kier molecular flexibility index (Phi) is 4.28. The fourth-order valence-corrected chi connectivity index (χ4v) is 4.63. The lowest BCUT2D eigenvalue weighted by Crippen LogP contribution is -2.56. The van der Waals surface area contributed by atoms with Crippen LogP contribution < -0.4 is 0 Å². The predicted molar refractivity (Wildman–Crippen MR) is 94.8 cm³/mol. The Hall–Kier alpha value is -1.88. The molecule has 1 aliphatic heterocycles. The summed E-state index contributed by atoms with van der Waals surface area (Å²) < 4.78 is 0. The summed E-state index contributed by atoms with van der Waals surface area (Å²) in [5.41, 5.74) is 4.88. The molecule has 5 heteroatoms. The van der Waals surface area contributed by atoms with Crippen LogP contribution in [0.3, 0.4) is 0 Å². The molecule has 134 valence electrons. The lowest BCUT2D eigenvalue weighted by Gasteiger charge is -2.45. The van der Waals surface area contributed by atoms with Crippen LogP contribution in [-0.4, -0.2) is 59.0 Å². The first kappa shape index (κ1) is 16.6. The topological polar surface area (TPSA) is 60.9 Å². The summed E-state index contributed by atoms with van der Waals surface area (Å²) in [5.74, 6) is -0.659. The molecule has 1 heterocycles. The molecule has 25 heavy (non-hydrogen) atoms. The normalized spacial score (nSPS) is 26.2. The van der Waals surface area contributed by atoms with Gasteiger partial charge in [-0.3, -0.25) is 14.5 Å². The smallest absolute Gasteiger partial charge is 0.306 e. The molecule has 5 nitrogen and oxygen atoms in total. The van der Waals surface area contributed by atoms with Crippen LogP contribution in [0.5, 0.6) is 0 Å². The number of carbonyl (C=O) groups excluding carboxylic acids is 1. The molecule has 0 unspecified atom stereocenters. The van der Waals surface area contributed by atoms with Crippen LogP contribution in [0.15, 0.2) is 12.1 Å². The van der Waals surface area contributed by atoms with Crippen molar-refractivity contribution in [3.63, 3.8) is 0 Å². The van der Waals surface area contributed by atoms with Gasteiger partial charge in [0.25, 0.3) is 5.91 Å². The van der Waals surface area contributed by atoms with Gasteiger partial charge in [-0.1, -0.05) is 6.07 Å². The van der Waals surface area contributed by atoms with Crippen LogP contribution in [0.4, 0.5) is 0 Å². The Balaban J connectivity index is 1.38. The number of rotatable bonds is 3. The van der Waals surface area contributed by atoms with Crippen LogP contribution in [0.25, 0.3) is 0 Å². The maximum Gasteiger partial charge on any atom is 0.306 e. The molecular formula is C20H26N2O3. The third-order valence-corrected chi connectivity index (χ3v) is 6.33. The van der Waals surface area contributed by atoms with E-state index < -0.39 is 5.97 Å². The molecule has 0 bridgehead atoms. The van der Waals surface area contributed by atoms with Crippen molar-refractivity contribution in [1.29, 1.82) is 0 Å². The molecule has 1 aromatic rings. The third kappa shape index (κ3) is 2.95. The van der Waals surface area contributed by atoms with Gasteiger partial charge in [0, 0.05) is 37.8 Å². The lowest BCUT2D eigenvalue weighted by molar-refractivity contribution is -0.147. The van der Waals surface area contributed by atoms with Gasteiger partial charge in [0.2, 0.25) is 0 Å². The highest BCUT2D eigenvalue weighted by molar-refractivity contribution is 5.96.